The van der Waals surface area contributed by atoms with Crippen molar-refractivity contribution in [2.75, 3.05) is 13.9 Å². The van der Waals surface area contributed by atoms with E-state index >= 15 is 0 Å². The quantitative estimate of drug-likeness (QED) is 0.544. The number of fused-ring (bicyclic) bond motifs is 1. The van der Waals surface area contributed by atoms with Gasteiger partial charge in [-0.15, -0.1) is 0 Å². The largest absolute Gasteiger partial charge is 0.477 e. The summed E-state index contributed by atoms with van der Waals surface area (Å²) in [5.41, 5.74) is -1.16. The minimum absolute atomic E-state index is 0.00736. The Morgan fingerprint density at radius 3 is 2.44 bits per heavy atom. The number of ether oxygens (including phenoxy) is 2. The molecule has 27 heavy (non-hydrogen) atoms. The molecule has 3 aromatic rings. The number of benzene rings is 2. The van der Waals surface area contributed by atoms with Gasteiger partial charge >= 0.3 is 11.7 Å². The SMILES string of the molecule is COCOc1cc2ccccc2cc1CCc1c(C(=O)O)[nH]c(=O)[nH]c1=O. The van der Waals surface area contributed by atoms with Crippen LogP contribution >= 0.6 is 0 Å². The summed E-state index contributed by atoms with van der Waals surface area (Å²) in [6.45, 7) is 0.0605. The van der Waals surface area contributed by atoms with Gasteiger partial charge in [0.05, 0.1) is 0 Å². The van der Waals surface area contributed by atoms with Crippen LogP contribution in [0.3, 0.4) is 0 Å². The number of aromatic carboxylic acids is 1. The Morgan fingerprint density at radius 2 is 1.78 bits per heavy atom. The fraction of sp³-hybridized carbons (Fsp3) is 0.211. The summed E-state index contributed by atoms with van der Waals surface area (Å²) in [5.74, 6) is -0.768. The molecule has 8 nitrogen and oxygen atoms in total. The predicted molar refractivity (Wildman–Crippen MR) is 98.5 cm³/mol. The summed E-state index contributed by atoms with van der Waals surface area (Å²) in [7, 11) is 1.51. The highest BCUT2D eigenvalue weighted by Gasteiger charge is 2.17. The molecule has 0 atom stereocenters. The van der Waals surface area contributed by atoms with Crippen LogP contribution in [0, 0.1) is 0 Å². The zero-order valence-electron chi connectivity index (χ0n) is 14.6. The maximum absolute atomic E-state index is 12.1. The molecule has 0 bridgehead atoms. The first-order valence-corrected chi connectivity index (χ1v) is 8.21. The van der Waals surface area contributed by atoms with E-state index < -0.39 is 22.9 Å². The average molecular weight is 370 g/mol. The van der Waals surface area contributed by atoms with Gasteiger partial charge in [0.25, 0.3) is 5.56 Å². The first kappa shape index (κ1) is 18.4. The summed E-state index contributed by atoms with van der Waals surface area (Å²) in [6, 6.07) is 11.5. The van der Waals surface area contributed by atoms with E-state index in [1.165, 1.54) is 7.11 Å². The van der Waals surface area contributed by atoms with E-state index in [0.717, 1.165) is 16.3 Å². The molecule has 0 aliphatic heterocycles. The highest BCUT2D eigenvalue weighted by Crippen LogP contribution is 2.27. The van der Waals surface area contributed by atoms with Crippen molar-refractivity contribution >= 4 is 16.7 Å². The van der Waals surface area contributed by atoms with E-state index in [1.54, 1.807) is 0 Å². The maximum atomic E-state index is 12.1. The highest BCUT2D eigenvalue weighted by atomic mass is 16.7. The van der Waals surface area contributed by atoms with Gasteiger partial charge in [0.15, 0.2) is 6.79 Å². The van der Waals surface area contributed by atoms with Crippen LogP contribution in [0.25, 0.3) is 10.8 Å². The molecule has 1 heterocycles. The second kappa shape index (κ2) is 7.88. The molecule has 0 saturated carbocycles. The van der Waals surface area contributed by atoms with Gasteiger partial charge in [-0.2, -0.15) is 0 Å². The smallest absolute Gasteiger partial charge is 0.352 e. The second-order valence-corrected chi connectivity index (χ2v) is 5.92. The van der Waals surface area contributed by atoms with E-state index in [-0.39, 0.29) is 18.8 Å². The molecule has 0 saturated heterocycles. The summed E-state index contributed by atoms with van der Waals surface area (Å²) < 4.78 is 10.6. The lowest BCUT2D eigenvalue weighted by molar-refractivity contribution is 0.0505. The Morgan fingerprint density at radius 1 is 1.07 bits per heavy atom. The van der Waals surface area contributed by atoms with Gasteiger partial charge < -0.3 is 19.6 Å². The van der Waals surface area contributed by atoms with E-state index in [4.69, 9.17) is 9.47 Å². The Kier molecular flexibility index (Phi) is 5.37. The third-order valence-corrected chi connectivity index (χ3v) is 4.16. The van der Waals surface area contributed by atoms with Crippen LogP contribution in [0.1, 0.15) is 21.6 Å². The Hall–Kier alpha value is -3.39. The van der Waals surface area contributed by atoms with Crippen molar-refractivity contribution in [1.29, 1.82) is 0 Å². The minimum Gasteiger partial charge on any atom is -0.477 e. The molecule has 0 radical (unpaired) electrons. The number of aromatic amines is 2. The highest BCUT2D eigenvalue weighted by molar-refractivity contribution is 5.87. The van der Waals surface area contributed by atoms with Crippen molar-refractivity contribution in [1.82, 2.24) is 9.97 Å². The molecule has 3 N–H and O–H groups in total. The van der Waals surface area contributed by atoms with Gasteiger partial charge in [0.1, 0.15) is 11.4 Å². The number of carbonyl (C=O) groups is 1. The van der Waals surface area contributed by atoms with Crippen LogP contribution in [0.4, 0.5) is 0 Å². The Bertz CT molecular complexity index is 1100. The number of carboxylic acids is 1. The molecule has 2 aromatic carbocycles. The van der Waals surface area contributed by atoms with E-state index in [2.05, 4.69) is 9.97 Å². The monoisotopic (exact) mass is 370 g/mol. The number of H-pyrrole nitrogens is 2. The summed E-state index contributed by atoms with van der Waals surface area (Å²) in [6.07, 6.45) is 0.467. The standard InChI is InChI=1S/C19H18N2O6/c1-26-10-27-15-9-12-5-3-2-4-11(12)8-13(15)6-7-14-16(18(23)24)20-19(25)21-17(14)22/h2-5,8-9H,6-7,10H2,1H3,(H,23,24)(H2,20,21,22,25). The number of methoxy groups -OCH3 is 1. The number of carboxylic acid groups (broad SMARTS) is 1. The van der Waals surface area contributed by atoms with Gasteiger partial charge in [-0.05, 0) is 41.3 Å². The fourth-order valence-corrected chi connectivity index (χ4v) is 2.91. The molecular weight excluding hydrogens is 352 g/mol. The van der Waals surface area contributed by atoms with Crippen molar-refractivity contribution in [3.05, 3.63) is 74.1 Å². The van der Waals surface area contributed by atoms with Gasteiger partial charge in [0, 0.05) is 12.7 Å². The molecule has 0 spiro atoms. The van der Waals surface area contributed by atoms with Crippen LogP contribution in [0.2, 0.25) is 0 Å². The lowest BCUT2D eigenvalue weighted by atomic mass is 10.00. The topological polar surface area (TPSA) is 121 Å². The molecule has 140 valence electrons. The fourth-order valence-electron chi connectivity index (χ4n) is 2.91. The third kappa shape index (κ3) is 4.06. The first-order chi connectivity index (χ1) is 13.0. The Balaban J connectivity index is 1.98. The van der Waals surface area contributed by atoms with Crippen molar-refractivity contribution in [2.24, 2.45) is 0 Å². The van der Waals surface area contributed by atoms with Crippen LogP contribution in [-0.2, 0) is 17.6 Å². The van der Waals surface area contributed by atoms with Gasteiger partial charge in [-0.1, -0.05) is 24.3 Å². The molecule has 0 unspecified atom stereocenters. The maximum Gasteiger partial charge on any atom is 0.352 e. The van der Waals surface area contributed by atoms with Crippen molar-refractivity contribution in [3.63, 3.8) is 0 Å². The Labute approximate surface area is 153 Å². The molecule has 0 amide bonds. The minimum atomic E-state index is -1.36. The lowest BCUT2D eigenvalue weighted by Crippen LogP contribution is -2.30. The first-order valence-electron chi connectivity index (χ1n) is 8.21. The number of hydrogen-bond acceptors (Lipinski definition) is 5. The molecule has 0 aliphatic rings. The number of hydrogen-bond donors (Lipinski definition) is 3. The van der Waals surface area contributed by atoms with E-state index in [1.807, 2.05) is 36.4 Å². The van der Waals surface area contributed by atoms with Crippen LogP contribution < -0.4 is 16.0 Å². The van der Waals surface area contributed by atoms with Gasteiger partial charge in [-0.25, -0.2) is 9.59 Å². The zero-order chi connectivity index (χ0) is 19.4. The molecule has 0 aliphatic carbocycles. The molecule has 8 heteroatoms. The number of nitrogens with one attached hydrogen (secondary N) is 2. The third-order valence-electron chi connectivity index (χ3n) is 4.16. The van der Waals surface area contributed by atoms with Crippen molar-refractivity contribution in [3.8, 4) is 5.75 Å². The lowest BCUT2D eigenvalue weighted by Gasteiger charge is -2.13. The van der Waals surface area contributed by atoms with Crippen LogP contribution in [-0.4, -0.2) is 34.9 Å². The summed E-state index contributed by atoms with van der Waals surface area (Å²) >= 11 is 0. The van der Waals surface area contributed by atoms with Crippen LogP contribution in [0.5, 0.6) is 5.75 Å². The molecule has 0 fully saturated rings. The normalized spacial score (nSPS) is 10.9. The number of aryl methyl sites for hydroxylation is 1. The molecular formula is C19H18N2O6. The zero-order valence-corrected chi connectivity index (χ0v) is 14.6. The van der Waals surface area contributed by atoms with Crippen molar-refractivity contribution in [2.45, 2.75) is 12.8 Å². The summed E-state index contributed by atoms with van der Waals surface area (Å²) in [4.78, 5) is 39.0. The van der Waals surface area contributed by atoms with Gasteiger partial charge in [0.2, 0.25) is 0 Å². The molecule has 1 aromatic heterocycles. The van der Waals surface area contributed by atoms with E-state index in [0.29, 0.717) is 12.2 Å². The number of aromatic nitrogens is 2. The van der Waals surface area contributed by atoms with Crippen molar-refractivity contribution < 1.29 is 19.4 Å². The van der Waals surface area contributed by atoms with Crippen LogP contribution in [0.15, 0.2) is 46.0 Å². The van der Waals surface area contributed by atoms with Gasteiger partial charge in [-0.3, -0.25) is 9.78 Å². The number of rotatable bonds is 7. The second-order valence-electron chi connectivity index (χ2n) is 5.92. The average Bonchev–Trinajstić information content (AvgIpc) is 2.64. The van der Waals surface area contributed by atoms with E-state index in [9.17, 15) is 19.5 Å². The predicted octanol–water partition coefficient (Wildman–Crippen LogP) is 1.68. The molecule has 3 rings (SSSR count). The summed E-state index contributed by atoms with van der Waals surface area (Å²) in [5, 5.41) is 11.2.